The van der Waals surface area contributed by atoms with Crippen molar-refractivity contribution in [1.29, 1.82) is 5.26 Å². The lowest BCUT2D eigenvalue weighted by molar-refractivity contribution is 0.102. The summed E-state index contributed by atoms with van der Waals surface area (Å²) in [5.41, 5.74) is 2.26. The number of nitrogens with zero attached hydrogens (tertiary/aromatic N) is 2. The van der Waals surface area contributed by atoms with Gasteiger partial charge in [0.05, 0.1) is 10.6 Å². The second-order valence-corrected chi connectivity index (χ2v) is 5.82. The van der Waals surface area contributed by atoms with Gasteiger partial charge in [-0.15, -0.1) is 0 Å². The number of anilines is 1. The van der Waals surface area contributed by atoms with Crippen molar-refractivity contribution in [3.8, 4) is 11.8 Å². The highest BCUT2D eigenvalue weighted by atomic mass is 35.5. The van der Waals surface area contributed by atoms with Crippen LogP contribution in [0, 0.1) is 11.3 Å². The summed E-state index contributed by atoms with van der Waals surface area (Å²) in [5.74, 6) is 0.374. The smallest absolute Gasteiger partial charge is 0.274 e. The molecule has 1 heterocycles. The number of hydrogen-bond donors (Lipinski definition) is 1. The Morgan fingerprint density at radius 3 is 2.65 bits per heavy atom. The van der Waals surface area contributed by atoms with Crippen LogP contribution in [0.2, 0.25) is 5.02 Å². The summed E-state index contributed by atoms with van der Waals surface area (Å²) in [5, 5.41) is 12.2. The predicted octanol–water partition coefficient (Wildman–Crippen LogP) is 4.44. The number of benzene rings is 2. The van der Waals surface area contributed by atoms with Crippen molar-refractivity contribution >= 4 is 23.2 Å². The molecule has 0 radical (unpaired) electrons. The van der Waals surface area contributed by atoms with Gasteiger partial charge >= 0.3 is 0 Å². The van der Waals surface area contributed by atoms with E-state index in [1.165, 1.54) is 0 Å². The van der Waals surface area contributed by atoms with Crippen LogP contribution in [0.15, 0.2) is 66.9 Å². The molecule has 0 saturated carbocycles. The standard InChI is InChI=1S/C20H14ClN3O2/c21-18-9-4-14(11-15(18)12-22)13-26-17-7-5-16(6-8-17)24-20(25)19-3-1-2-10-23-19/h1-11H,13H2,(H,24,25). The van der Waals surface area contributed by atoms with Crippen molar-refractivity contribution in [1.82, 2.24) is 4.98 Å². The Labute approximate surface area is 155 Å². The monoisotopic (exact) mass is 363 g/mol. The van der Waals surface area contributed by atoms with Gasteiger partial charge in [-0.2, -0.15) is 5.26 Å². The van der Waals surface area contributed by atoms with Gasteiger partial charge in [0.15, 0.2) is 0 Å². The zero-order chi connectivity index (χ0) is 18.4. The summed E-state index contributed by atoms with van der Waals surface area (Å²) < 4.78 is 5.70. The Bertz CT molecular complexity index is 951. The molecule has 0 spiro atoms. The van der Waals surface area contributed by atoms with E-state index in [0.717, 1.165) is 5.56 Å². The maximum absolute atomic E-state index is 12.1. The van der Waals surface area contributed by atoms with Gasteiger partial charge in [-0.3, -0.25) is 9.78 Å². The van der Waals surface area contributed by atoms with E-state index in [1.54, 1.807) is 60.8 Å². The number of rotatable bonds is 5. The first-order valence-electron chi connectivity index (χ1n) is 7.79. The van der Waals surface area contributed by atoms with Crippen molar-refractivity contribution < 1.29 is 9.53 Å². The summed E-state index contributed by atoms with van der Waals surface area (Å²) in [6, 6.07) is 19.4. The van der Waals surface area contributed by atoms with Crippen LogP contribution in [0.5, 0.6) is 5.75 Å². The molecule has 2 aromatic carbocycles. The second kappa shape index (κ2) is 8.15. The summed E-state index contributed by atoms with van der Waals surface area (Å²) in [6.45, 7) is 0.311. The molecule has 0 saturated heterocycles. The first-order chi connectivity index (χ1) is 12.7. The van der Waals surface area contributed by atoms with Crippen molar-refractivity contribution in [2.75, 3.05) is 5.32 Å². The van der Waals surface area contributed by atoms with Gasteiger partial charge < -0.3 is 10.1 Å². The van der Waals surface area contributed by atoms with Gasteiger partial charge in [-0.1, -0.05) is 23.7 Å². The van der Waals surface area contributed by atoms with Crippen LogP contribution < -0.4 is 10.1 Å². The minimum atomic E-state index is -0.274. The van der Waals surface area contributed by atoms with Crippen LogP contribution in [0.4, 0.5) is 5.69 Å². The topological polar surface area (TPSA) is 75.0 Å². The molecule has 1 N–H and O–H groups in total. The first kappa shape index (κ1) is 17.5. The van der Waals surface area contributed by atoms with Gasteiger partial charge in [-0.25, -0.2) is 0 Å². The fourth-order valence-corrected chi connectivity index (χ4v) is 2.40. The number of ether oxygens (including phenoxy) is 1. The molecule has 1 amide bonds. The number of nitriles is 1. The molecule has 0 fully saturated rings. The zero-order valence-corrected chi connectivity index (χ0v) is 14.4. The summed E-state index contributed by atoms with van der Waals surface area (Å²) in [7, 11) is 0. The van der Waals surface area contributed by atoms with Gasteiger partial charge in [0, 0.05) is 11.9 Å². The number of hydrogen-bond acceptors (Lipinski definition) is 4. The lowest BCUT2D eigenvalue weighted by Gasteiger charge is -2.09. The number of amides is 1. The highest BCUT2D eigenvalue weighted by Crippen LogP contribution is 2.20. The molecule has 0 bridgehead atoms. The molecule has 0 aliphatic heterocycles. The molecule has 0 aliphatic rings. The molecule has 0 aliphatic carbocycles. The average Bonchev–Trinajstić information content (AvgIpc) is 2.69. The average molecular weight is 364 g/mol. The number of nitrogens with one attached hydrogen (secondary N) is 1. The fraction of sp³-hybridized carbons (Fsp3) is 0.0500. The predicted molar refractivity (Wildman–Crippen MR) is 99.1 cm³/mol. The Morgan fingerprint density at radius 1 is 1.15 bits per heavy atom. The van der Waals surface area contributed by atoms with Crippen LogP contribution in [0.1, 0.15) is 21.6 Å². The van der Waals surface area contributed by atoms with Gasteiger partial charge in [0.2, 0.25) is 0 Å². The quantitative estimate of drug-likeness (QED) is 0.727. The van der Waals surface area contributed by atoms with E-state index in [4.69, 9.17) is 21.6 Å². The maximum atomic E-state index is 12.1. The third-order valence-corrected chi connectivity index (χ3v) is 3.90. The van der Waals surface area contributed by atoms with Crippen LogP contribution >= 0.6 is 11.6 Å². The van der Waals surface area contributed by atoms with Gasteiger partial charge in [-0.05, 0) is 54.1 Å². The number of aromatic nitrogens is 1. The molecule has 128 valence electrons. The highest BCUT2D eigenvalue weighted by molar-refractivity contribution is 6.31. The number of halogens is 1. The largest absolute Gasteiger partial charge is 0.489 e. The van der Waals surface area contributed by atoms with Crippen molar-refractivity contribution in [2.45, 2.75) is 6.61 Å². The van der Waals surface area contributed by atoms with E-state index in [2.05, 4.69) is 10.3 Å². The fourth-order valence-electron chi connectivity index (χ4n) is 2.24. The normalized spacial score (nSPS) is 10.0. The molecule has 5 nitrogen and oxygen atoms in total. The third-order valence-electron chi connectivity index (χ3n) is 3.57. The maximum Gasteiger partial charge on any atom is 0.274 e. The molecular formula is C20H14ClN3O2. The molecule has 6 heteroatoms. The van der Waals surface area contributed by atoms with E-state index in [0.29, 0.717) is 34.3 Å². The lowest BCUT2D eigenvalue weighted by Crippen LogP contribution is -2.13. The Morgan fingerprint density at radius 2 is 1.96 bits per heavy atom. The van der Waals surface area contributed by atoms with E-state index in [-0.39, 0.29) is 5.91 Å². The van der Waals surface area contributed by atoms with Crippen molar-refractivity contribution in [3.63, 3.8) is 0 Å². The Hall–Kier alpha value is -3.36. The number of carbonyl (C=O) groups is 1. The van der Waals surface area contributed by atoms with E-state index < -0.39 is 0 Å². The molecular weight excluding hydrogens is 350 g/mol. The zero-order valence-electron chi connectivity index (χ0n) is 13.6. The minimum absolute atomic E-state index is 0.274. The Kier molecular flexibility index (Phi) is 5.47. The van der Waals surface area contributed by atoms with Gasteiger partial charge in [0.1, 0.15) is 24.1 Å². The van der Waals surface area contributed by atoms with E-state index in [9.17, 15) is 4.79 Å². The van der Waals surface area contributed by atoms with Crippen LogP contribution in [-0.4, -0.2) is 10.9 Å². The minimum Gasteiger partial charge on any atom is -0.489 e. The first-order valence-corrected chi connectivity index (χ1v) is 8.17. The van der Waals surface area contributed by atoms with Gasteiger partial charge in [0.25, 0.3) is 5.91 Å². The van der Waals surface area contributed by atoms with Crippen molar-refractivity contribution in [3.05, 3.63) is 88.7 Å². The molecule has 0 atom stereocenters. The SMILES string of the molecule is N#Cc1cc(COc2ccc(NC(=O)c3ccccn3)cc2)ccc1Cl. The number of carbonyl (C=O) groups excluding carboxylic acids is 1. The van der Waals surface area contributed by atoms with Crippen LogP contribution in [-0.2, 0) is 6.61 Å². The third kappa shape index (κ3) is 4.38. The molecule has 0 unspecified atom stereocenters. The van der Waals surface area contributed by atoms with Crippen molar-refractivity contribution in [2.24, 2.45) is 0 Å². The number of pyridine rings is 1. The molecule has 3 aromatic rings. The molecule has 1 aromatic heterocycles. The second-order valence-electron chi connectivity index (χ2n) is 5.41. The van der Waals surface area contributed by atoms with Crippen LogP contribution in [0.25, 0.3) is 0 Å². The summed E-state index contributed by atoms with van der Waals surface area (Å²) in [4.78, 5) is 16.1. The molecule has 26 heavy (non-hydrogen) atoms. The molecule has 3 rings (SSSR count). The van der Waals surface area contributed by atoms with Crippen LogP contribution in [0.3, 0.4) is 0 Å². The highest BCUT2D eigenvalue weighted by Gasteiger charge is 2.07. The summed E-state index contributed by atoms with van der Waals surface area (Å²) >= 11 is 5.91. The Balaban J connectivity index is 1.60. The lowest BCUT2D eigenvalue weighted by atomic mass is 10.1. The van der Waals surface area contributed by atoms with E-state index in [1.807, 2.05) is 12.1 Å². The van der Waals surface area contributed by atoms with E-state index >= 15 is 0 Å². The summed E-state index contributed by atoms with van der Waals surface area (Å²) in [6.07, 6.45) is 1.57.